The average molecular weight is 411 g/mol. The van der Waals surface area contributed by atoms with Crippen molar-refractivity contribution in [1.29, 1.82) is 0 Å². The van der Waals surface area contributed by atoms with Gasteiger partial charge in [0.05, 0.1) is 11.4 Å². The van der Waals surface area contributed by atoms with Crippen molar-refractivity contribution < 1.29 is 14.7 Å². The molecular formula is C25H19N2O4-. The monoisotopic (exact) mass is 411 g/mol. The fourth-order valence-electron chi connectivity index (χ4n) is 3.56. The molecule has 0 fully saturated rings. The van der Waals surface area contributed by atoms with Crippen LogP contribution in [0.3, 0.4) is 0 Å². The highest BCUT2D eigenvalue weighted by Gasteiger charge is 2.27. The lowest BCUT2D eigenvalue weighted by Crippen LogP contribution is -2.36. The predicted octanol–water partition coefficient (Wildman–Crippen LogP) is 2.85. The van der Waals surface area contributed by atoms with Crippen molar-refractivity contribution >= 4 is 22.5 Å². The molecule has 6 nitrogen and oxygen atoms in total. The van der Waals surface area contributed by atoms with Crippen molar-refractivity contribution in [2.75, 3.05) is 0 Å². The fourth-order valence-corrected chi connectivity index (χ4v) is 3.56. The number of aromatic nitrogens is 2. The third kappa shape index (κ3) is 3.75. The molecule has 154 valence electrons. The standard InChI is InChI=1S/C25H20N2O4/c1-15-7-11-17(12-8-15)22(23(28)18-13-9-16(2)10-14-18)27-24(29)20-6-4-3-5-19(20)21(26-27)25(30)31/h3-14,22H,1-2H3,(H,30,31)/p-1/t22-/m1/s1. The lowest BCUT2D eigenvalue weighted by atomic mass is 9.96. The lowest BCUT2D eigenvalue weighted by molar-refractivity contribution is -0.255. The molecule has 1 heterocycles. The molecule has 0 saturated heterocycles. The molecule has 0 aliphatic heterocycles. The Bertz CT molecular complexity index is 1350. The van der Waals surface area contributed by atoms with Crippen LogP contribution < -0.4 is 10.7 Å². The second-order valence-electron chi connectivity index (χ2n) is 7.47. The number of Topliss-reactive ketones (excluding diaryl/α,β-unsaturated/α-hetero) is 1. The van der Waals surface area contributed by atoms with Crippen LogP contribution in [-0.2, 0) is 0 Å². The second-order valence-corrected chi connectivity index (χ2v) is 7.47. The van der Waals surface area contributed by atoms with Gasteiger partial charge in [-0.05, 0) is 25.5 Å². The number of aromatic carboxylic acids is 1. The largest absolute Gasteiger partial charge is 0.543 e. The molecule has 0 spiro atoms. The van der Waals surface area contributed by atoms with Gasteiger partial charge in [0.1, 0.15) is 11.7 Å². The van der Waals surface area contributed by atoms with Crippen molar-refractivity contribution in [3.8, 4) is 0 Å². The highest BCUT2D eigenvalue weighted by atomic mass is 16.4. The van der Waals surface area contributed by atoms with E-state index in [2.05, 4.69) is 5.10 Å². The third-order valence-electron chi connectivity index (χ3n) is 5.24. The van der Waals surface area contributed by atoms with E-state index in [1.807, 2.05) is 38.1 Å². The maximum atomic E-state index is 13.5. The third-order valence-corrected chi connectivity index (χ3v) is 5.24. The number of hydrogen-bond donors (Lipinski definition) is 0. The van der Waals surface area contributed by atoms with Crippen molar-refractivity contribution in [3.05, 3.63) is 111 Å². The van der Waals surface area contributed by atoms with Gasteiger partial charge in [-0.1, -0.05) is 77.9 Å². The minimum absolute atomic E-state index is 0.158. The Morgan fingerprint density at radius 3 is 1.97 bits per heavy atom. The van der Waals surface area contributed by atoms with E-state index in [1.165, 1.54) is 12.1 Å². The van der Waals surface area contributed by atoms with Gasteiger partial charge >= 0.3 is 0 Å². The summed E-state index contributed by atoms with van der Waals surface area (Å²) in [5, 5.41) is 16.2. The van der Waals surface area contributed by atoms with E-state index >= 15 is 0 Å². The van der Waals surface area contributed by atoms with E-state index < -0.39 is 17.6 Å². The number of carboxylic acids is 1. The number of carbonyl (C=O) groups excluding carboxylic acids is 2. The van der Waals surface area contributed by atoms with Gasteiger partial charge in [0.25, 0.3) is 5.56 Å². The molecule has 1 atom stereocenters. The molecule has 3 aromatic carbocycles. The molecule has 1 aromatic heterocycles. The van der Waals surface area contributed by atoms with Crippen LogP contribution in [0.1, 0.15) is 43.6 Å². The summed E-state index contributed by atoms with van der Waals surface area (Å²) in [7, 11) is 0. The molecular weight excluding hydrogens is 392 g/mol. The molecule has 0 unspecified atom stereocenters. The van der Waals surface area contributed by atoms with Crippen LogP contribution in [0.25, 0.3) is 10.8 Å². The number of carboxylic acid groups (broad SMARTS) is 1. The molecule has 0 aliphatic carbocycles. The molecule has 0 amide bonds. The van der Waals surface area contributed by atoms with Gasteiger partial charge in [0.15, 0.2) is 5.78 Å². The molecule has 6 heteroatoms. The summed E-state index contributed by atoms with van der Waals surface area (Å²) in [5.41, 5.74) is 1.97. The number of carbonyl (C=O) groups is 2. The SMILES string of the molecule is Cc1ccc(C(=O)[C@@H](c2ccc(C)cc2)n2nc(C(=O)[O-])c3ccccc3c2=O)cc1. The summed E-state index contributed by atoms with van der Waals surface area (Å²) in [6.45, 7) is 3.82. The number of nitrogens with zero attached hydrogens (tertiary/aromatic N) is 2. The maximum Gasteiger partial charge on any atom is 0.275 e. The molecule has 0 radical (unpaired) electrons. The van der Waals surface area contributed by atoms with E-state index in [0.717, 1.165) is 15.8 Å². The summed E-state index contributed by atoms with van der Waals surface area (Å²) in [4.78, 5) is 38.6. The molecule has 4 rings (SSSR count). The van der Waals surface area contributed by atoms with Crippen molar-refractivity contribution in [3.63, 3.8) is 0 Å². The van der Waals surface area contributed by atoms with Crippen LogP contribution in [0.4, 0.5) is 0 Å². The Kier molecular flexibility index (Phi) is 5.21. The number of ketones is 1. The van der Waals surface area contributed by atoms with Crippen LogP contribution in [-0.4, -0.2) is 21.5 Å². The first-order valence-corrected chi connectivity index (χ1v) is 9.77. The summed E-state index contributed by atoms with van der Waals surface area (Å²) in [6, 6.07) is 19.3. The number of rotatable bonds is 5. The smallest absolute Gasteiger partial charge is 0.275 e. The zero-order valence-electron chi connectivity index (χ0n) is 17.0. The Morgan fingerprint density at radius 1 is 0.839 bits per heavy atom. The van der Waals surface area contributed by atoms with Crippen molar-refractivity contribution in [2.45, 2.75) is 19.9 Å². The second kappa shape index (κ2) is 7.99. The Balaban J connectivity index is 2.01. The first kappa shape index (κ1) is 20.2. The van der Waals surface area contributed by atoms with E-state index in [1.54, 1.807) is 36.4 Å². The minimum atomic E-state index is -1.52. The van der Waals surface area contributed by atoms with Crippen LogP contribution in [0, 0.1) is 13.8 Å². The van der Waals surface area contributed by atoms with E-state index in [4.69, 9.17) is 0 Å². The number of hydrogen-bond acceptors (Lipinski definition) is 5. The predicted molar refractivity (Wildman–Crippen MR) is 115 cm³/mol. The summed E-state index contributed by atoms with van der Waals surface area (Å²) in [5.74, 6) is -1.88. The van der Waals surface area contributed by atoms with Gasteiger partial charge in [0.2, 0.25) is 0 Å². The maximum absolute atomic E-state index is 13.5. The Labute approximate surface area is 178 Å². The van der Waals surface area contributed by atoms with Crippen LogP contribution >= 0.6 is 0 Å². The molecule has 0 N–H and O–H groups in total. The quantitative estimate of drug-likeness (QED) is 0.471. The van der Waals surface area contributed by atoms with Crippen molar-refractivity contribution in [2.24, 2.45) is 0 Å². The van der Waals surface area contributed by atoms with E-state index in [9.17, 15) is 19.5 Å². The first-order chi connectivity index (χ1) is 14.9. The van der Waals surface area contributed by atoms with Gasteiger partial charge in [-0.2, -0.15) is 5.10 Å². The van der Waals surface area contributed by atoms with Crippen LogP contribution in [0.15, 0.2) is 77.6 Å². The van der Waals surface area contributed by atoms with Gasteiger partial charge in [-0.25, -0.2) is 4.68 Å². The fraction of sp³-hybridized carbons (Fsp3) is 0.120. The normalized spacial score (nSPS) is 11.9. The average Bonchev–Trinajstić information content (AvgIpc) is 2.77. The number of benzene rings is 3. The van der Waals surface area contributed by atoms with Crippen LogP contribution in [0.5, 0.6) is 0 Å². The van der Waals surface area contributed by atoms with Gasteiger partial charge < -0.3 is 9.90 Å². The molecule has 4 aromatic rings. The van der Waals surface area contributed by atoms with Crippen LogP contribution in [0.2, 0.25) is 0 Å². The number of fused-ring (bicyclic) bond motifs is 1. The highest BCUT2D eigenvalue weighted by Crippen LogP contribution is 2.24. The van der Waals surface area contributed by atoms with Gasteiger partial charge in [0, 0.05) is 10.9 Å². The molecule has 0 aliphatic rings. The Morgan fingerprint density at radius 2 is 1.39 bits per heavy atom. The first-order valence-electron chi connectivity index (χ1n) is 9.77. The Hall–Kier alpha value is -4.06. The summed E-state index contributed by atoms with van der Waals surface area (Å²) in [6.07, 6.45) is 0. The summed E-state index contributed by atoms with van der Waals surface area (Å²) >= 11 is 0. The molecule has 0 bridgehead atoms. The molecule has 0 saturated carbocycles. The summed E-state index contributed by atoms with van der Waals surface area (Å²) < 4.78 is 0.959. The van der Waals surface area contributed by atoms with Gasteiger partial charge in [-0.3, -0.25) is 9.59 Å². The minimum Gasteiger partial charge on any atom is -0.543 e. The molecule has 31 heavy (non-hydrogen) atoms. The lowest BCUT2D eigenvalue weighted by Gasteiger charge is -2.21. The number of aryl methyl sites for hydroxylation is 2. The highest BCUT2D eigenvalue weighted by molar-refractivity contribution is 6.02. The zero-order valence-corrected chi connectivity index (χ0v) is 17.0. The van der Waals surface area contributed by atoms with E-state index in [-0.39, 0.29) is 22.2 Å². The van der Waals surface area contributed by atoms with Gasteiger partial charge in [-0.15, -0.1) is 0 Å². The van der Waals surface area contributed by atoms with E-state index in [0.29, 0.717) is 11.1 Å². The topological polar surface area (TPSA) is 92.1 Å². The van der Waals surface area contributed by atoms with Crippen molar-refractivity contribution in [1.82, 2.24) is 9.78 Å². The zero-order chi connectivity index (χ0) is 22.1.